The van der Waals surface area contributed by atoms with Gasteiger partial charge in [-0.3, -0.25) is 13.9 Å². The first-order valence-corrected chi connectivity index (χ1v) is 10.5. The van der Waals surface area contributed by atoms with Crippen LogP contribution in [0.4, 0.5) is 0 Å². The van der Waals surface area contributed by atoms with Gasteiger partial charge < -0.3 is 9.84 Å². The average molecular weight is 374 g/mol. The van der Waals surface area contributed by atoms with Gasteiger partial charge in [0.05, 0.1) is 6.04 Å². The average Bonchev–Trinajstić information content (AvgIpc) is 3.11. The maximum atomic E-state index is 12.0. The molecule has 1 amide bonds. The van der Waals surface area contributed by atoms with Crippen molar-refractivity contribution in [1.29, 1.82) is 0 Å². The van der Waals surface area contributed by atoms with Gasteiger partial charge in [0, 0.05) is 34.5 Å². The van der Waals surface area contributed by atoms with Crippen molar-refractivity contribution in [2.75, 3.05) is 12.8 Å². The van der Waals surface area contributed by atoms with Gasteiger partial charge in [0.15, 0.2) is 0 Å². The van der Waals surface area contributed by atoms with Crippen molar-refractivity contribution in [1.82, 2.24) is 20.4 Å². The topological polar surface area (TPSA) is 88.3 Å². The zero-order valence-corrected chi connectivity index (χ0v) is 15.5. The highest BCUT2D eigenvalue weighted by Gasteiger charge is 2.32. The van der Waals surface area contributed by atoms with E-state index < -0.39 is 10.8 Å². The van der Waals surface area contributed by atoms with Gasteiger partial charge >= 0.3 is 0 Å². The third kappa shape index (κ3) is 3.86. The fraction of sp³-hybridized carbons (Fsp3) is 0.500. The van der Waals surface area contributed by atoms with Crippen LogP contribution in [0.5, 0.6) is 0 Å². The molecule has 1 aliphatic heterocycles. The molecule has 0 bridgehead atoms. The Kier molecular flexibility index (Phi) is 4.86. The Hall–Kier alpha value is -2.06. The summed E-state index contributed by atoms with van der Waals surface area (Å²) in [6.07, 6.45) is 5.71. The van der Waals surface area contributed by atoms with Gasteiger partial charge in [-0.25, -0.2) is 0 Å². The number of hydrogen-bond donors (Lipinski definition) is 1. The van der Waals surface area contributed by atoms with E-state index in [1.165, 1.54) is 0 Å². The summed E-state index contributed by atoms with van der Waals surface area (Å²) < 4.78 is 16.9. The molecule has 0 spiro atoms. The van der Waals surface area contributed by atoms with E-state index >= 15 is 0 Å². The van der Waals surface area contributed by atoms with Gasteiger partial charge in [-0.15, -0.1) is 0 Å². The van der Waals surface area contributed by atoms with Crippen molar-refractivity contribution in [2.24, 2.45) is 0 Å². The number of nitrogens with zero attached hydrogens (tertiary/aromatic N) is 3. The quantitative estimate of drug-likeness (QED) is 0.832. The smallest absolute Gasteiger partial charge is 0.292 e. The molecule has 2 heterocycles. The van der Waals surface area contributed by atoms with Crippen LogP contribution in [0.3, 0.4) is 0 Å². The Morgan fingerprint density at radius 1 is 1.31 bits per heavy atom. The number of carbonyl (C=O) groups is 1. The molecule has 1 N–H and O–H groups in total. The molecule has 1 aromatic heterocycles. The minimum atomic E-state index is -0.964. The molecule has 1 aromatic carbocycles. The first kappa shape index (κ1) is 17.4. The fourth-order valence-corrected chi connectivity index (χ4v) is 3.78. The van der Waals surface area contributed by atoms with E-state index in [0.717, 1.165) is 49.2 Å². The van der Waals surface area contributed by atoms with Crippen molar-refractivity contribution < 1.29 is 13.5 Å². The highest BCUT2D eigenvalue weighted by molar-refractivity contribution is 7.84. The SMILES string of the molecule is CS(=O)c1ccc(CN2CCCC2c2nc(C(=O)NC3CC3)no2)cc1. The van der Waals surface area contributed by atoms with E-state index in [2.05, 4.69) is 20.4 Å². The largest absolute Gasteiger partial charge is 0.346 e. The highest BCUT2D eigenvalue weighted by Crippen LogP contribution is 2.32. The Labute approximate surface area is 154 Å². The second-order valence-corrected chi connectivity index (χ2v) is 8.31. The number of nitrogens with one attached hydrogen (secondary N) is 1. The molecular formula is C18H22N4O3S. The number of aromatic nitrogens is 2. The van der Waals surface area contributed by atoms with Gasteiger partial charge in [-0.1, -0.05) is 17.3 Å². The number of benzene rings is 1. The van der Waals surface area contributed by atoms with Crippen LogP contribution in [0.1, 0.15) is 53.8 Å². The van der Waals surface area contributed by atoms with Crippen LogP contribution < -0.4 is 5.32 Å². The Morgan fingerprint density at radius 3 is 2.77 bits per heavy atom. The fourth-order valence-electron chi connectivity index (χ4n) is 3.26. The Morgan fingerprint density at radius 2 is 2.08 bits per heavy atom. The standard InChI is InChI=1S/C18H22N4O3S/c1-26(24)14-8-4-12(5-9-14)11-22-10-2-3-15(22)18-20-16(21-25-18)17(23)19-13-6-7-13/h4-5,8-9,13,15H,2-3,6-7,10-11H2,1H3,(H,19,23). The summed E-state index contributed by atoms with van der Waals surface area (Å²) in [5.41, 5.74) is 1.15. The summed E-state index contributed by atoms with van der Waals surface area (Å²) in [5, 5.41) is 6.73. The third-order valence-corrected chi connectivity index (χ3v) is 5.78. The molecule has 2 aliphatic rings. The zero-order valence-electron chi connectivity index (χ0n) is 14.7. The Bertz CT molecular complexity index is 816. The molecule has 138 valence electrons. The third-order valence-electron chi connectivity index (χ3n) is 4.85. The van der Waals surface area contributed by atoms with Crippen LogP contribution in [-0.2, 0) is 17.3 Å². The van der Waals surface area contributed by atoms with Crippen LogP contribution >= 0.6 is 0 Å². The monoisotopic (exact) mass is 374 g/mol. The summed E-state index contributed by atoms with van der Waals surface area (Å²) in [6.45, 7) is 1.70. The molecule has 1 saturated heterocycles. The summed E-state index contributed by atoms with van der Waals surface area (Å²) in [6, 6.07) is 8.13. The predicted octanol–water partition coefficient (Wildman–Crippen LogP) is 2.04. The number of hydrogen-bond acceptors (Lipinski definition) is 6. The van der Waals surface area contributed by atoms with Crippen molar-refractivity contribution in [3.8, 4) is 0 Å². The van der Waals surface area contributed by atoms with E-state index in [1.54, 1.807) is 6.26 Å². The maximum absolute atomic E-state index is 12.0. The van der Waals surface area contributed by atoms with Gasteiger partial charge in [-0.05, 0) is 49.9 Å². The molecule has 2 unspecified atom stereocenters. The van der Waals surface area contributed by atoms with E-state index in [1.807, 2.05) is 24.3 Å². The van der Waals surface area contributed by atoms with Crippen LogP contribution in [0.2, 0.25) is 0 Å². The lowest BCUT2D eigenvalue weighted by Crippen LogP contribution is -2.27. The van der Waals surface area contributed by atoms with Crippen molar-refractivity contribution in [2.45, 2.75) is 49.2 Å². The molecule has 1 aliphatic carbocycles. The van der Waals surface area contributed by atoms with Crippen molar-refractivity contribution in [3.63, 3.8) is 0 Å². The molecule has 7 nitrogen and oxygen atoms in total. The molecule has 2 atom stereocenters. The van der Waals surface area contributed by atoms with E-state index in [0.29, 0.717) is 5.89 Å². The van der Waals surface area contributed by atoms with E-state index in [-0.39, 0.29) is 23.8 Å². The molecular weight excluding hydrogens is 352 g/mol. The zero-order chi connectivity index (χ0) is 18.1. The molecule has 1 saturated carbocycles. The molecule has 4 rings (SSSR count). The normalized spacial score (nSPS) is 21.7. The summed E-state index contributed by atoms with van der Waals surface area (Å²) in [5.74, 6) is 0.374. The lowest BCUT2D eigenvalue weighted by atomic mass is 10.2. The molecule has 2 fully saturated rings. The lowest BCUT2D eigenvalue weighted by Gasteiger charge is -2.21. The van der Waals surface area contributed by atoms with Crippen LogP contribution in [0.25, 0.3) is 0 Å². The van der Waals surface area contributed by atoms with Gasteiger partial charge in [0.2, 0.25) is 5.89 Å². The summed E-state index contributed by atoms with van der Waals surface area (Å²) >= 11 is 0. The first-order valence-electron chi connectivity index (χ1n) is 8.91. The van der Waals surface area contributed by atoms with Crippen LogP contribution in [0.15, 0.2) is 33.7 Å². The lowest BCUT2D eigenvalue weighted by molar-refractivity contribution is 0.0937. The second kappa shape index (κ2) is 7.28. The molecule has 2 aromatic rings. The van der Waals surface area contributed by atoms with Gasteiger partial charge in [0.25, 0.3) is 11.7 Å². The summed E-state index contributed by atoms with van der Waals surface area (Å²) in [7, 11) is -0.964. The second-order valence-electron chi connectivity index (χ2n) is 6.93. The molecule has 26 heavy (non-hydrogen) atoms. The van der Waals surface area contributed by atoms with Gasteiger partial charge in [0.1, 0.15) is 0 Å². The van der Waals surface area contributed by atoms with E-state index in [4.69, 9.17) is 4.52 Å². The number of rotatable bonds is 6. The van der Waals surface area contributed by atoms with Gasteiger partial charge in [-0.2, -0.15) is 4.98 Å². The predicted molar refractivity (Wildman–Crippen MR) is 95.9 cm³/mol. The molecule has 8 heteroatoms. The minimum Gasteiger partial charge on any atom is -0.346 e. The van der Waals surface area contributed by atoms with Crippen molar-refractivity contribution >= 4 is 16.7 Å². The number of amides is 1. The summed E-state index contributed by atoms with van der Waals surface area (Å²) in [4.78, 5) is 19.5. The van der Waals surface area contributed by atoms with Crippen molar-refractivity contribution in [3.05, 3.63) is 41.5 Å². The van der Waals surface area contributed by atoms with Crippen LogP contribution in [0, 0.1) is 0 Å². The number of likely N-dealkylation sites (tertiary alicyclic amines) is 1. The molecule has 0 radical (unpaired) electrons. The highest BCUT2D eigenvalue weighted by atomic mass is 32.2. The maximum Gasteiger partial charge on any atom is 0.292 e. The minimum absolute atomic E-state index is 0.0324. The first-order chi connectivity index (χ1) is 12.6. The number of carbonyl (C=O) groups excluding carboxylic acids is 1. The van der Waals surface area contributed by atoms with Crippen LogP contribution in [-0.4, -0.2) is 44.0 Å². The Balaban J connectivity index is 1.43. The van der Waals surface area contributed by atoms with E-state index in [9.17, 15) is 9.00 Å².